The van der Waals surface area contributed by atoms with Crippen molar-refractivity contribution in [3.63, 3.8) is 0 Å². The van der Waals surface area contributed by atoms with E-state index in [1.807, 2.05) is 6.07 Å². The number of fused-ring (bicyclic) bond motifs is 1. The van der Waals surface area contributed by atoms with Gasteiger partial charge in [-0.05, 0) is 56.0 Å². The summed E-state index contributed by atoms with van der Waals surface area (Å²) in [5.41, 5.74) is 0.732. The summed E-state index contributed by atoms with van der Waals surface area (Å²) in [6.07, 6.45) is 0.912. The Morgan fingerprint density at radius 1 is 1.27 bits per heavy atom. The van der Waals surface area contributed by atoms with Crippen molar-refractivity contribution in [2.75, 3.05) is 25.1 Å². The molecular weight excluding hydrogens is 418 g/mol. The predicted molar refractivity (Wildman–Crippen MR) is 107 cm³/mol. The number of thiophene rings is 1. The molecule has 0 aliphatic heterocycles. The number of aryl methyl sites for hydroxylation is 1. The van der Waals surface area contributed by atoms with E-state index in [2.05, 4.69) is 5.32 Å². The zero-order chi connectivity index (χ0) is 19.5. The van der Waals surface area contributed by atoms with Gasteiger partial charge in [0.15, 0.2) is 9.84 Å². The van der Waals surface area contributed by atoms with Gasteiger partial charge in [0, 0.05) is 16.3 Å². The Bertz CT molecular complexity index is 983. The van der Waals surface area contributed by atoms with Crippen LogP contribution in [-0.2, 0) is 24.1 Å². The molecule has 0 fully saturated rings. The van der Waals surface area contributed by atoms with Gasteiger partial charge in [-0.15, -0.1) is 11.3 Å². The summed E-state index contributed by atoms with van der Waals surface area (Å²) in [5.74, 6) is 0.0166. The van der Waals surface area contributed by atoms with Gasteiger partial charge in [-0.3, -0.25) is 4.18 Å². The number of benzene rings is 1. The lowest BCUT2D eigenvalue weighted by Gasteiger charge is -2.12. The Morgan fingerprint density at radius 2 is 1.96 bits per heavy atom. The van der Waals surface area contributed by atoms with E-state index in [4.69, 9.17) is 15.8 Å². The maximum atomic E-state index is 12.6. The maximum Gasteiger partial charge on any atom is 0.264 e. The van der Waals surface area contributed by atoms with Gasteiger partial charge in [-0.1, -0.05) is 11.6 Å². The van der Waals surface area contributed by atoms with Crippen LogP contribution in [0.25, 0.3) is 10.1 Å². The highest BCUT2D eigenvalue weighted by atomic mass is 35.5. The molecule has 1 heterocycles. The standard InChI is InChI=1S/C16H22ClNO5S3/c1-11(23-25(3,19)20)10-18-7-4-8-26(21,22)16-12(2)14-9-13(17)5-6-15(14)24-16/h5-6,9,11,18H,4,7-8,10H2,1-3H3. The van der Waals surface area contributed by atoms with Gasteiger partial charge in [-0.25, -0.2) is 8.42 Å². The highest BCUT2D eigenvalue weighted by Crippen LogP contribution is 2.36. The molecule has 0 saturated carbocycles. The summed E-state index contributed by atoms with van der Waals surface area (Å²) >= 11 is 7.26. The summed E-state index contributed by atoms with van der Waals surface area (Å²) in [7, 11) is -6.88. The molecule has 146 valence electrons. The van der Waals surface area contributed by atoms with Gasteiger partial charge < -0.3 is 5.32 Å². The maximum absolute atomic E-state index is 12.6. The molecule has 1 aromatic carbocycles. The second kappa shape index (κ2) is 8.53. The summed E-state index contributed by atoms with van der Waals surface area (Å²) < 4.78 is 53.4. The van der Waals surface area contributed by atoms with E-state index in [0.717, 1.165) is 21.9 Å². The van der Waals surface area contributed by atoms with Crippen molar-refractivity contribution in [1.29, 1.82) is 0 Å². The van der Waals surface area contributed by atoms with Crippen LogP contribution >= 0.6 is 22.9 Å². The number of sulfone groups is 1. The van der Waals surface area contributed by atoms with Crippen LogP contribution in [0.1, 0.15) is 18.9 Å². The van der Waals surface area contributed by atoms with Gasteiger partial charge in [0.25, 0.3) is 10.1 Å². The quantitative estimate of drug-likeness (QED) is 0.477. The third-order valence-electron chi connectivity index (χ3n) is 3.67. The Balaban J connectivity index is 1.92. The number of hydrogen-bond acceptors (Lipinski definition) is 7. The van der Waals surface area contributed by atoms with Crippen molar-refractivity contribution in [1.82, 2.24) is 5.32 Å². The Morgan fingerprint density at radius 3 is 2.62 bits per heavy atom. The molecule has 2 aromatic rings. The molecule has 26 heavy (non-hydrogen) atoms. The first-order valence-electron chi connectivity index (χ1n) is 8.00. The molecule has 1 N–H and O–H groups in total. The highest BCUT2D eigenvalue weighted by Gasteiger charge is 2.21. The first-order chi connectivity index (χ1) is 12.0. The molecular formula is C16H22ClNO5S3. The monoisotopic (exact) mass is 439 g/mol. The Labute approximate surface area is 163 Å². The van der Waals surface area contributed by atoms with Crippen LogP contribution < -0.4 is 5.32 Å². The highest BCUT2D eigenvalue weighted by molar-refractivity contribution is 7.93. The van der Waals surface area contributed by atoms with Crippen LogP contribution in [-0.4, -0.2) is 48.0 Å². The molecule has 2 rings (SSSR count). The van der Waals surface area contributed by atoms with Gasteiger partial charge in [0.1, 0.15) is 4.21 Å². The first-order valence-corrected chi connectivity index (χ1v) is 12.7. The largest absolute Gasteiger partial charge is 0.314 e. The van der Waals surface area contributed by atoms with Crippen LogP contribution in [0.3, 0.4) is 0 Å². The van der Waals surface area contributed by atoms with E-state index >= 15 is 0 Å². The smallest absolute Gasteiger partial charge is 0.264 e. The topological polar surface area (TPSA) is 89.5 Å². The fourth-order valence-electron chi connectivity index (χ4n) is 2.58. The number of halogens is 1. The van der Waals surface area contributed by atoms with Crippen molar-refractivity contribution < 1.29 is 21.0 Å². The lowest BCUT2D eigenvalue weighted by atomic mass is 10.2. The van der Waals surface area contributed by atoms with Gasteiger partial charge in [-0.2, -0.15) is 8.42 Å². The van der Waals surface area contributed by atoms with Crippen molar-refractivity contribution in [2.24, 2.45) is 0 Å². The van der Waals surface area contributed by atoms with E-state index in [1.165, 1.54) is 11.3 Å². The molecule has 10 heteroatoms. The molecule has 0 saturated heterocycles. The molecule has 0 spiro atoms. The minimum absolute atomic E-state index is 0.0166. The van der Waals surface area contributed by atoms with Crippen LogP contribution in [0.15, 0.2) is 22.4 Å². The van der Waals surface area contributed by atoms with E-state index < -0.39 is 26.1 Å². The fourth-order valence-corrected chi connectivity index (χ4v) is 6.66. The molecule has 0 radical (unpaired) electrons. The zero-order valence-electron chi connectivity index (χ0n) is 14.8. The third kappa shape index (κ3) is 5.90. The Kier molecular flexibility index (Phi) is 7.09. The molecule has 0 bridgehead atoms. The Hall–Kier alpha value is -0.710. The van der Waals surface area contributed by atoms with Crippen LogP contribution in [0.4, 0.5) is 0 Å². The first kappa shape index (κ1) is 21.6. The molecule has 0 aliphatic carbocycles. The average molecular weight is 440 g/mol. The molecule has 1 unspecified atom stereocenters. The average Bonchev–Trinajstić information content (AvgIpc) is 2.82. The molecule has 1 aromatic heterocycles. The van der Waals surface area contributed by atoms with E-state index in [1.54, 1.807) is 26.0 Å². The molecule has 0 amide bonds. The van der Waals surface area contributed by atoms with Crippen LogP contribution in [0.2, 0.25) is 5.02 Å². The van der Waals surface area contributed by atoms with Crippen molar-refractivity contribution in [2.45, 2.75) is 30.6 Å². The van der Waals surface area contributed by atoms with Crippen LogP contribution in [0, 0.1) is 6.92 Å². The zero-order valence-corrected chi connectivity index (χ0v) is 18.0. The van der Waals surface area contributed by atoms with E-state index in [-0.39, 0.29) is 5.75 Å². The summed E-state index contributed by atoms with van der Waals surface area (Å²) in [4.78, 5) is 0. The number of rotatable bonds is 9. The lowest BCUT2D eigenvalue weighted by Crippen LogP contribution is -2.30. The van der Waals surface area contributed by atoms with Crippen molar-refractivity contribution >= 4 is 53.0 Å². The normalized spacial score (nSPS) is 14.0. The predicted octanol–water partition coefficient (Wildman–Crippen LogP) is 2.98. The third-order valence-corrected chi connectivity index (χ3v) is 8.36. The summed E-state index contributed by atoms with van der Waals surface area (Å²) in [6, 6.07) is 5.37. The second-order valence-corrected chi connectivity index (χ2v) is 11.5. The minimum Gasteiger partial charge on any atom is -0.314 e. The van der Waals surface area contributed by atoms with Gasteiger partial charge in [0.05, 0.1) is 18.1 Å². The minimum atomic E-state index is -3.49. The molecule has 6 nitrogen and oxygen atoms in total. The summed E-state index contributed by atoms with van der Waals surface area (Å²) in [5, 5.41) is 4.46. The summed E-state index contributed by atoms with van der Waals surface area (Å²) in [6.45, 7) is 4.21. The number of nitrogens with one attached hydrogen (secondary N) is 1. The SMILES string of the molecule is Cc1c(S(=O)(=O)CCCNCC(C)OS(C)(=O)=O)sc2ccc(Cl)cc12. The fraction of sp³-hybridized carbons (Fsp3) is 0.500. The van der Waals surface area contributed by atoms with E-state index in [0.29, 0.717) is 28.7 Å². The van der Waals surface area contributed by atoms with Gasteiger partial charge >= 0.3 is 0 Å². The molecule has 1 atom stereocenters. The van der Waals surface area contributed by atoms with Crippen LogP contribution in [0.5, 0.6) is 0 Å². The second-order valence-electron chi connectivity index (χ2n) is 6.14. The van der Waals surface area contributed by atoms with Gasteiger partial charge in [0.2, 0.25) is 0 Å². The van der Waals surface area contributed by atoms with Crippen molar-refractivity contribution in [3.8, 4) is 0 Å². The van der Waals surface area contributed by atoms with Crippen molar-refractivity contribution in [3.05, 3.63) is 28.8 Å². The van der Waals surface area contributed by atoms with E-state index in [9.17, 15) is 16.8 Å². The number of hydrogen-bond donors (Lipinski definition) is 1. The lowest BCUT2D eigenvalue weighted by molar-refractivity contribution is 0.227. The molecule has 0 aliphatic rings.